The summed E-state index contributed by atoms with van der Waals surface area (Å²) < 4.78 is 6.23. The molecule has 0 amide bonds. The fourth-order valence-electron chi connectivity index (χ4n) is 3.70. The Balaban J connectivity index is 2.67. The number of nitrogens with zero attached hydrogens (tertiary/aromatic N) is 1. The minimum atomic E-state index is -2.01. The van der Waals surface area contributed by atoms with Crippen molar-refractivity contribution in [1.82, 2.24) is 4.90 Å². The van der Waals surface area contributed by atoms with Crippen LogP contribution in [0.2, 0.25) is 13.3 Å². The van der Waals surface area contributed by atoms with E-state index in [0.717, 1.165) is 25.9 Å². The van der Waals surface area contributed by atoms with Gasteiger partial charge in [-0.2, -0.15) is 0 Å². The van der Waals surface area contributed by atoms with Crippen molar-refractivity contribution < 1.29 is 4.79 Å². The predicted octanol–water partition coefficient (Wildman–Crippen LogP) is 5.04. The zero-order valence-electron chi connectivity index (χ0n) is 14.8. The maximum atomic E-state index is 11.5. The van der Waals surface area contributed by atoms with E-state index in [9.17, 15) is 4.79 Å². The van der Waals surface area contributed by atoms with Crippen molar-refractivity contribution in [3.05, 3.63) is 0 Å². The van der Waals surface area contributed by atoms with Crippen LogP contribution in [-0.4, -0.2) is 46.7 Å². The summed E-state index contributed by atoms with van der Waals surface area (Å²) in [4.78, 5) is 14.2. The molecule has 0 radical (unpaired) electrons. The van der Waals surface area contributed by atoms with E-state index < -0.39 is 18.4 Å². The first-order valence-corrected chi connectivity index (χ1v) is 17.5. The number of Topliss-reactive ketones (excluding diaryl/α,β-unsaturated/α-hetero) is 1. The molecule has 1 aliphatic heterocycles. The maximum absolute atomic E-state index is 11.5. The second-order valence-electron chi connectivity index (χ2n) is 7.13. The Morgan fingerprint density at radius 2 is 1.29 bits per heavy atom. The van der Waals surface area contributed by atoms with Crippen LogP contribution < -0.4 is 0 Å². The molecule has 0 aliphatic carbocycles. The van der Waals surface area contributed by atoms with Gasteiger partial charge in [-0.25, -0.2) is 0 Å². The van der Waals surface area contributed by atoms with Crippen LogP contribution in [0.15, 0.2) is 0 Å². The quantitative estimate of drug-likeness (QED) is 0.452. The molecule has 0 aromatic rings. The third-order valence-electron chi connectivity index (χ3n) is 5.15. The molecule has 2 nitrogen and oxygen atoms in total. The Labute approximate surface area is 136 Å². The third kappa shape index (κ3) is 7.49. The van der Waals surface area contributed by atoms with Crippen LogP contribution in [0, 0.1) is 0 Å². The number of hydrogen-bond acceptors (Lipinski definition) is 2. The SMILES string of the molecule is CCC[CH2][Sn]([CH2]CCC)([CH2]CCC)[CH2]N1CCC(=O)CC1. The van der Waals surface area contributed by atoms with Crippen molar-refractivity contribution in [3.8, 4) is 0 Å². The first-order valence-electron chi connectivity index (χ1n) is 9.40. The predicted molar refractivity (Wildman–Crippen MR) is 95.6 cm³/mol. The van der Waals surface area contributed by atoms with Crippen LogP contribution in [-0.2, 0) is 4.79 Å². The number of ketones is 1. The Hall–Kier alpha value is 0.429. The number of hydrogen-bond donors (Lipinski definition) is 0. The van der Waals surface area contributed by atoms with Crippen molar-refractivity contribution in [2.45, 2.75) is 85.4 Å². The molecule has 0 unspecified atom stereocenters. The number of carbonyl (C=O) groups is 1. The summed E-state index contributed by atoms with van der Waals surface area (Å²) in [6.45, 7) is 9.14. The van der Waals surface area contributed by atoms with Gasteiger partial charge in [0.25, 0.3) is 0 Å². The fourth-order valence-corrected chi connectivity index (χ4v) is 20.3. The molecule has 0 bridgehead atoms. The van der Waals surface area contributed by atoms with Gasteiger partial charge in [-0.3, -0.25) is 0 Å². The van der Waals surface area contributed by atoms with Crippen LogP contribution in [0.25, 0.3) is 0 Å². The van der Waals surface area contributed by atoms with Crippen LogP contribution >= 0.6 is 0 Å². The molecule has 0 aromatic carbocycles. The monoisotopic (exact) mass is 403 g/mol. The summed E-state index contributed by atoms with van der Waals surface area (Å²) in [7, 11) is 0. The topological polar surface area (TPSA) is 20.3 Å². The van der Waals surface area contributed by atoms with Gasteiger partial charge in [-0.1, -0.05) is 0 Å². The van der Waals surface area contributed by atoms with Gasteiger partial charge in [0.05, 0.1) is 0 Å². The summed E-state index contributed by atoms with van der Waals surface area (Å²) in [6, 6.07) is 0. The van der Waals surface area contributed by atoms with E-state index in [4.69, 9.17) is 0 Å². The molecule has 1 aliphatic rings. The summed E-state index contributed by atoms with van der Waals surface area (Å²) in [5.41, 5.74) is 0. The van der Waals surface area contributed by atoms with Gasteiger partial charge in [0.2, 0.25) is 0 Å². The molecule has 1 heterocycles. The van der Waals surface area contributed by atoms with Crippen LogP contribution in [0.4, 0.5) is 0 Å². The Morgan fingerprint density at radius 3 is 1.67 bits per heavy atom. The van der Waals surface area contributed by atoms with Gasteiger partial charge < -0.3 is 0 Å². The Morgan fingerprint density at radius 1 is 0.857 bits per heavy atom. The second kappa shape index (κ2) is 11.0. The molecule has 0 spiro atoms. The Kier molecular flexibility index (Phi) is 10.2. The summed E-state index contributed by atoms with van der Waals surface area (Å²) in [6.07, 6.45) is 10.1. The van der Waals surface area contributed by atoms with E-state index in [0.29, 0.717) is 5.78 Å². The molecule has 21 heavy (non-hydrogen) atoms. The third-order valence-corrected chi connectivity index (χ3v) is 20.5. The number of unbranched alkanes of at least 4 members (excludes halogenated alkanes) is 3. The first-order chi connectivity index (χ1) is 10.2. The molecule has 0 N–H and O–H groups in total. The van der Waals surface area contributed by atoms with Gasteiger partial charge in [0.15, 0.2) is 0 Å². The van der Waals surface area contributed by atoms with Gasteiger partial charge in [-0.05, 0) is 0 Å². The van der Waals surface area contributed by atoms with E-state index >= 15 is 0 Å². The van der Waals surface area contributed by atoms with E-state index in [1.807, 2.05) is 0 Å². The van der Waals surface area contributed by atoms with Crippen LogP contribution in [0.5, 0.6) is 0 Å². The summed E-state index contributed by atoms with van der Waals surface area (Å²) in [5.74, 6) is 0.489. The van der Waals surface area contributed by atoms with Gasteiger partial charge in [0, 0.05) is 0 Å². The van der Waals surface area contributed by atoms with Gasteiger partial charge in [-0.15, -0.1) is 0 Å². The summed E-state index contributed by atoms with van der Waals surface area (Å²) >= 11 is -2.01. The standard InChI is InChI=1S/C6H10NO.3C4H9.Sn/c1-7-4-2-6(8)3-5-7;3*1-3-4-2;/h1-5H2;3*1,3-4H2,2H3;. The van der Waals surface area contributed by atoms with Gasteiger partial charge >= 0.3 is 137 Å². The molecular weight excluding hydrogens is 365 g/mol. The zero-order valence-corrected chi connectivity index (χ0v) is 17.6. The molecule has 0 atom stereocenters. The zero-order chi connectivity index (χ0) is 15.6. The van der Waals surface area contributed by atoms with Crippen molar-refractivity contribution >= 4 is 24.2 Å². The molecule has 3 heteroatoms. The van der Waals surface area contributed by atoms with E-state index in [1.54, 1.807) is 13.3 Å². The molecular formula is C18H37NOSn. The van der Waals surface area contributed by atoms with Crippen LogP contribution in [0.3, 0.4) is 0 Å². The van der Waals surface area contributed by atoms with Crippen LogP contribution in [0.1, 0.15) is 72.1 Å². The van der Waals surface area contributed by atoms with E-state index in [1.165, 1.54) is 43.1 Å². The van der Waals surface area contributed by atoms with E-state index in [2.05, 4.69) is 25.7 Å². The first kappa shape index (κ1) is 19.5. The minimum absolute atomic E-state index is 0.489. The molecule has 1 rings (SSSR count). The number of rotatable bonds is 11. The normalized spacial score (nSPS) is 17.4. The average Bonchev–Trinajstić information content (AvgIpc) is 2.51. The molecule has 1 saturated heterocycles. The summed E-state index contributed by atoms with van der Waals surface area (Å²) in [5, 5.41) is 0. The van der Waals surface area contributed by atoms with Crippen molar-refractivity contribution in [2.75, 3.05) is 17.7 Å². The number of carbonyl (C=O) groups excluding carboxylic acids is 1. The Bertz CT molecular complexity index is 261. The molecule has 0 aromatic heterocycles. The van der Waals surface area contributed by atoms with Crippen molar-refractivity contribution in [1.29, 1.82) is 0 Å². The van der Waals surface area contributed by atoms with Crippen molar-refractivity contribution in [2.24, 2.45) is 0 Å². The molecule has 1 fully saturated rings. The van der Waals surface area contributed by atoms with E-state index in [-0.39, 0.29) is 0 Å². The molecule has 124 valence electrons. The number of piperidine rings is 1. The molecule has 0 saturated carbocycles. The fraction of sp³-hybridized carbons (Fsp3) is 0.944. The second-order valence-corrected chi connectivity index (χ2v) is 20.9. The van der Waals surface area contributed by atoms with Gasteiger partial charge in [0.1, 0.15) is 0 Å². The van der Waals surface area contributed by atoms with Crippen molar-refractivity contribution in [3.63, 3.8) is 0 Å². The average molecular weight is 402 g/mol. The number of likely N-dealkylation sites (tertiary alicyclic amines) is 1.